The van der Waals surface area contributed by atoms with Gasteiger partial charge in [-0.2, -0.15) is 4.39 Å². The van der Waals surface area contributed by atoms with Crippen molar-refractivity contribution in [3.05, 3.63) is 64.0 Å². The zero-order valence-corrected chi connectivity index (χ0v) is 12.4. The van der Waals surface area contributed by atoms with Gasteiger partial charge in [0.25, 0.3) is 0 Å². The van der Waals surface area contributed by atoms with Crippen LogP contribution in [0.1, 0.15) is 17.8 Å². The van der Waals surface area contributed by atoms with Crippen LogP contribution < -0.4 is 4.74 Å². The number of carbonyl (C=O) groups excluding carboxylic acids is 1. The van der Waals surface area contributed by atoms with Crippen molar-refractivity contribution in [3.63, 3.8) is 0 Å². The molecule has 2 aromatic carbocycles. The van der Waals surface area contributed by atoms with E-state index >= 15 is 0 Å². The lowest BCUT2D eigenvalue weighted by Gasteiger charge is -2.04. The van der Waals surface area contributed by atoms with Crippen molar-refractivity contribution in [3.8, 4) is 11.5 Å². The number of phenols is 1. The molecule has 0 heterocycles. The van der Waals surface area contributed by atoms with Crippen LogP contribution in [0.2, 0.25) is 0 Å². The lowest BCUT2D eigenvalue weighted by molar-refractivity contribution is -0.387. The third-order valence-corrected chi connectivity index (χ3v) is 2.66. The summed E-state index contributed by atoms with van der Waals surface area (Å²) < 4.78 is 21.7. The fourth-order valence-corrected chi connectivity index (χ4v) is 1.52. The Kier molecular flexibility index (Phi) is 8.49. The van der Waals surface area contributed by atoms with Crippen molar-refractivity contribution < 1.29 is 28.7 Å². The van der Waals surface area contributed by atoms with E-state index in [2.05, 4.69) is 4.74 Å². The van der Waals surface area contributed by atoms with E-state index in [0.717, 1.165) is 12.1 Å². The minimum atomic E-state index is -0.799. The molecule has 1 N–H and O–H groups in total. The molecule has 0 aliphatic heterocycles. The first-order valence-corrected chi connectivity index (χ1v) is 6.25. The second kappa shape index (κ2) is 9.78. The Morgan fingerprint density at radius 2 is 1.83 bits per heavy atom. The molecule has 0 aliphatic carbocycles. The first-order chi connectivity index (χ1) is 10.9. The van der Waals surface area contributed by atoms with Crippen LogP contribution in [0.25, 0.3) is 0 Å². The molecular formula is C16H18FNO6. The number of rotatable bonds is 3. The summed E-state index contributed by atoms with van der Waals surface area (Å²) >= 11 is 0. The number of esters is 1. The fraction of sp³-hybridized carbons (Fsp3) is 0.188. The molecule has 0 saturated carbocycles. The van der Waals surface area contributed by atoms with Crippen molar-refractivity contribution in [1.82, 2.24) is 0 Å². The summed E-state index contributed by atoms with van der Waals surface area (Å²) in [4.78, 5) is 20.2. The average Bonchev–Trinajstić information content (AvgIpc) is 2.54. The highest BCUT2D eigenvalue weighted by Crippen LogP contribution is 2.23. The van der Waals surface area contributed by atoms with Gasteiger partial charge in [0.2, 0.25) is 5.82 Å². The van der Waals surface area contributed by atoms with Crippen LogP contribution in [0.3, 0.4) is 0 Å². The second-order valence-electron chi connectivity index (χ2n) is 4.08. The van der Waals surface area contributed by atoms with E-state index in [1.807, 2.05) is 0 Å². The highest BCUT2D eigenvalue weighted by atomic mass is 19.1. The number of hydrogen-bond donors (Lipinski definition) is 1. The number of hydrogen-bond acceptors (Lipinski definition) is 6. The first kappa shape index (κ1) is 20.8. The lowest BCUT2D eigenvalue weighted by atomic mass is 10.2. The zero-order valence-electron chi connectivity index (χ0n) is 12.4. The molecule has 0 spiro atoms. The van der Waals surface area contributed by atoms with Gasteiger partial charge in [-0.05, 0) is 18.2 Å². The molecule has 8 heteroatoms. The standard InChI is InChI=1S/C9H10O4.C6H4FNO2.CH4/c1-12-6-3-4-7(8(10)5-6)9(11)13-2;7-5-3-1-2-4-6(5)8(9)10;/h3-5,10H,1-2H3;1-4H;1H4. The van der Waals surface area contributed by atoms with Crippen molar-refractivity contribution >= 4 is 11.7 Å². The summed E-state index contributed by atoms with van der Waals surface area (Å²) in [5, 5.41) is 19.3. The number of methoxy groups -OCH3 is 2. The molecule has 0 atom stereocenters. The number of carbonyl (C=O) groups is 1. The van der Waals surface area contributed by atoms with Crippen LogP contribution in [0.15, 0.2) is 42.5 Å². The van der Waals surface area contributed by atoms with E-state index in [9.17, 15) is 24.4 Å². The van der Waals surface area contributed by atoms with Gasteiger partial charge in [0.1, 0.15) is 17.1 Å². The van der Waals surface area contributed by atoms with Gasteiger partial charge in [0, 0.05) is 12.1 Å². The Bertz CT molecular complexity index is 705. The summed E-state index contributed by atoms with van der Waals surface area (Å²) in [6.07, 6.45) is 0. The van der Waals surface area contributed by atoms with Gasteiger partial charge in [-0.25, -0.2) is 4.79 Å². The molecule has 2 aromatic rings. The van der Waals surface area contributed by atoms with E-state index in [-0.39, 0.29) is 18.7 Å². The minimum Gasteiger partial charge on any atom is -0.507 e. The number of nitrogens with zero attached hydrogens (tertiary/aromatic N) is 1. The van der Waals surface area contributed by atoms with Crippen LogP contribution in [0.4, 0.5) is 10.1 Å². The minimum absolute atomic E-state index is 0. The number of nitro benzene ring substituents is 1. The van der Waals surface area contributed by atoms with Crippen LogP contribution in [0, 0.1) is 15.9 Å². The Balaban J connectivity index is 0.000000436. The highest BCUT2D eigenvalue weighted by Gasteiger charge is 2.11. The van der Waals surface area contributed by atoms with Crippen LogP contribution >= 0.6 is 0 Å². The van der Waals surface area contributed by atoms with Crippen LogP contribution in [0.5, 0.6) is 11.5 Å². The molecule has 0 amide bonds. The first-order valence-electron chi connectivity index (χ1n) is 6.25. The molecule has 130 valence electrons. The van der Waals surface area contributed by atoms with Gasteiger partial charge in [0.05, 0.1) is 19.1 Å². The van der Waals surface area contributed by atoms with E-state index in [0.29, 0.717) is 5.75 Å². The van der Waals surface area contributed by atoms with E-state index in [1.165, 1.54) is 38.5 Å². The van der Waals surface area contributed by atoms with Crippen molar-refractivity contribution in [1.29, 1.82) is 0 Å². The number of aromatic hydroxyl groups is 1. The maximum Gasteiger partial charge on any atom is 0.341 e. The van der Waals surface area contributed by atoms with Gasteiger partial charge < -0.3 is 14.6 Å². The summed E-state index contributed by atoms with van der Waals surface area (Å²) in [5.74, 6) is -1.02. The quantitative estimate of drug-likeness (QED) is 0.521. The Morgan fingerprint density at radius 1 is 1.21 bits per heavy atom. The van der Waals surface area contributed by atoms with E-state index in [1.54, 1.807) is 6.07 Å². The molecule has 0 bridgehead atoms. The topological polar surface area (TPSA) is 98.9 Å². The molecule has 0 radical (unpaired) electrons. The maximum atomic E-state index is 12.4. The Labute approximate surface area is 138 Å². The zero-order chi connectivity index (χ0) is 17.4. The van der Waals surface area contributed by atoms with E-state index in [4.69, 9.17) is 4.74 Å². The summed E-state index contributed by atoms with van der Waals surface area (Å²) in [6, 6.07) is 9.37. The van der Waals surface area contributed by atoms with Gasteiger partial charge in [-0.3, -0.25) is 10.1 Å². The molecular weight excluding hydrogens is 321 g/mol. The Hall–Kier alpha value is -3.16. The van der Waals surface area contributed by atoms with Crippen molar-refractivity contribution in [2.75, 3.05) is 14.2 Å². The van der Waals surface area contributed by atoms with Gasteiger partial charge in [-0.15, -0.1) is 0 Å². The normalized spacial score (nSPS) is 8.96. The Morgan fingerprint density at radius 3 is 2.25 bits per heavy atom. The molecule has 0 saturated heterocycles. The summed E-state index contributed by atoms with van der Waals surface area (Å²) in [5.41, 5.74) is -0.356. The molecule has 7 nitrogen and oxygen atoms in total. The van der Waals surface area contributed by atoms with Crippen LogP contribution in [-0.4, -0.2) is 30.2 Å². The maximum absolute atomic E-state index is 12.4. The number of benzene rings is 2. The van der Waals surface area contributed by atoms with E-state index < -0.39 is 22.4 Å². The average molecular weight is 339 g/mol. The largest absolute Gasteiger partial charge is 0.507 e. The predicted molar refractivity (Wildman–Crippen MR) is 85.8 cm³/mol. The molecule has 0 fully saturated rings. The number of halogens is 1. The number of para-hydroxylation sites is 1. The SMILES string of the molecule is C.COC(=O)c1ccc(OC)cc1O.O=[N+]([O-])c1ccccc1F. The molecule has 0 unspecified atom stereocenters. The van der Waals surface area contributed by atoms with Crippen molar-refractivity contribution in [2.24, 2.45) is 0 Å². The highest BCUT2D eigenvalue weighted by molar-refractivity contribution is 5.92. The third-order valence-electron chi connectivity index (χ3n) is 2.66. The van der Waals surface area contributed by atoms with Crippen molar-refractivity contribution in [2.45, 2.75) is 7.43 Å². The monoisotopic (exact) mass is 339 g/mol. The second-order valence-corrected chi connectivity index (χ2v) is 4.08. The fourth-order valence-electron chi connectivity index (χ4n) is 1.52. The predicted octanol–water partition coefficient (Wildman–Crippen LogP) is 3.56. The number of phenolic OH excluding ortho intramolecular Hbond substituents is 1. The number of ether oxygens (including phenoxy) is 2. The molecule has 0 aliphatic rings. The molecule has 24 heavy (non-hydrogen) atoms. The van der Waals surface area contributed by atoms with Gasteiger partial charge in [-0.1, -0.05) is 19.6 Å². The number of nitro groups is 1. The summed E-state index contributed by atoms with van der Waals surface area (Å²) in [7, 11) is 2.73. The smallest absolute Gasteiger partial charge is 0.341 e. The van der Waals surface area contributed by atoms with Gasteiger partial charge >= 0.3 is 11.7 Å². The van der Waals surface area contributed by atoms with Crippen LogP contribution in [-0.2, 0) is 4.74 Å². The molecule has 0 aromatic heterocycles. The summed E-state index contributed by atoms with van der Waals surface area (Å²) in [6.45, 7) is 0. The lowest BCUT2D eigenvalue weighted by Crippen LogP contribution is -2.01. The molecule has 2 rings (SSSR count). The van der Waals surface area contributed by atoms with Gasteiger partial charge in [0.15, 0.2) is 0 Å². The third kappa shape index (κ3) is 5.56.